The summed E-state index contributed by atoms with van der Waals surface area (Å²) in [5.41, 5.74) is 5.01. The van der Waals surface area contributed by atoms with Gasteiger partial charge in [-0.05, 0) is 76.6 Å². The highest BCUT2D eigenvalue weighted by atomic mass is 79.9. The first-order valence-corrected chi connectivity index (χ1v) is 11.3. The lowest BCUT2D eigenvalue weighted by atomic mass is 9.91. The Morgan fingerprint density at radius 1 is 0.387 bits per heavy atom. The Morgan fingerprint density at radius 3 is 1.52 bits per heavy atom. The van der Waals surface area contributed by atoms with Crippen LogP contribution in [0.15, 0.2) is 120 Å². The molecule has 0 unspecified atom stereocenters. The zero-order chi connectivity index (χ0) is 20.8. The lowest BCUT2D eigenvalue weighted by Crippen LogP contribution is -1.88. The third kappa shape index (κ3) is 3.05. The van der Waals surface area contributed by atoms with Crippen LogP contribution < -0.4 is 0 Å². The van der Waals surface area contributed by atoms with Gasteiger partial charge in [0.05, 0.1) is 0 Å². The van der Waals surface area contributed by atoms with E-state index in [1.165, 1.54) is 54.6 Å². The van der Waals surface area contributed by atoms with Crippen molar-refractivity contribution in [1.82, 2.24) is 0 Å². The average molecular weight is 459 g/mol. The van der Waals surface area contributed by atoms with Crippen LogP contribution in [0, 0.1) is 0 Å². The summed E-state index contributed by atoms with van der Waals surface area (Å²) < 4.78 is 1.16. The summed E-state index contributed by atoms with van der Waals surface area (Å²) in [7, 11) is 0. The van der Waals surface area contributed by atoms with Crippen molar-refractivity contribution in [3.63, 3.8) is 0 Å². The number of halogens is 1. The van der Waals surface area contributed by atoms with Crippen LogP contribution in [0.4, 0.5) is 0 Å². The summed E-state index contributed by atoms with van der Waals surface area (Å²) in [5.74, 6) is 0. The van der Waals surface area contributed by atoms with Crippen molar-refractivity contribution in [2.24, 2.45) is 0 Å². The molecule has 0 spiro atoms. The van der Waals surface area contributed by atoms with Crippen LogP contribution in [0.5, 0.6) is 0 Å². The first-order chi connectivity index (χ1) is 15.3. The van der Waals surface area contributed by atoms with Gasteiger partial charge in [-0.1, -0.05) is 109 Å². The predicted molar refractivity (Wildman–Crippen MR) is 138 cm³/mol. The molecule has 0 radical (unpaired) electrons. The highest BCUT2D eigenvalue weighted by Crippen LogP contribution is 2.41. The Kier molecular flexibility index (Phi) is 4.36. The monoisotopic (exact) mass is 458 g/mol. The van der Waals surface area contributed by atoms with Crippen molar-refractivity contribution in [2.45, 2.75) is 0 Å². The van der Waals surface area contributed by atoms with Gasteiger partial charge in [-0.3, -0.25) is 0 Å². The van der Waals surface area contributed by atoms with E-state index in [0.29, 0.717) is 0 Å². The average Bonchev–Trinajstić information content (AvgIpc) is 2.84. The molecule has 6 aromatic carbocycles. The van der Waals surface area contributed by atoms with Crippen LogP contribution in [0.1, 0.15) is 0 Å². The van der Waals surface area contributed by atoms with E-state index < -0.39 is 0 Å². The number of hydrogen-bond acceptors (Lipinski definition) is 0. The molecule has 0 aliphatic rings. The van der Waals surface area contributed by atoms with Crippen LogP contribution in [0.3, 0.4) is 0 Å². The van der Waals surface area contributed by atoms with Gasteiger partial charge >= 0.3 is 0 Å². The smallest absolute Gasteiger partial charge is 0.0332 e. The molecular weight excluding hydrogens is 440 g/mol. The maximum Gasteiger partial charge on any atom is 0.0332 e. The molecule has 0 aliphatic heterocycles. The Labute approximate surface area is 189 Å². The second-order valence-corrected chi connectivity index (χ2v) is 8.71. The summed E-state index contributed by atoms with van der Waals surface area (Å²) in [6, 6.07) is 41.5. The van der Waals surface area contributed by atoms with Gasteiger partial charge in [0.25, 0.3) is 0 Å². The maximum absolute atomic E-state index is 3.85. The van der Waals surface area contributed by atoms with Crippen LogP contribution in [0.25, 0.3) is 54.6 Å². The van der Waals surface area contributed by atoms with E-state index in [-0.39, 0.29) is 0 Å². The van der Waals surface area contributed by atoms with Crippen LogP contribution >= 0.6 is 15.9 Å². The highest BCUT2D eigenvalue weighted by molar-refractivity contribution is 9.10. The molecule has 6 aromatic rings. The van der Waals surface area contributed by atoms with E-state index in [9.17, 15) is 0 Å². The van der Waals surface area contributed by atoms with E-state index in [1.54, 1.807) is 0 Å². The molecule has 0 heterocycles. The SMILES string of the molecule is Brc1c2ccccc2c(-c2ccc(-c3ccc4ccccc4c3)cc2)c2ccccc12. The fourth-order valence-electron chi connectivity index (χ4n) is 4.58. The highest BCUT2D eigenvalue weighted by Gasteiger charge is 2.13. The van der Waals surface area contributed by atoms with E-state index in [1.807, 2.05) is 0 Å². The van der Waals surface area contributed by atoms with Crippen molar-refractivity contribution in [2.75, 3.05) is 0 Å². The number of hydrogen-bond donors (Lipinski definition) is 0. The third-order valence-electron chi connectivity index (χ3n) is 6.12. The molecule has 6 rings (SSSR count). The largest absolute Gasteiger partial charge is 0.0616 e. The predicted octanol–water partition coefficient (Wildman–Crippen LogP) is 9.24. The lowest BCUT2D eigenvalue weighted by molar-refractivity contribution is 1.63. The van der Waals surface area contributed by atoms with Gasteiger partial charge in [0.15, 0.2) is 0 Å². The van der Waals surface area contributed by atoms with Gasteiger partial charge in [-0.25, -0.2) is 0 Å². The van der Waals surface area contributed by atoms with E-state index in [2.05, 4.69) is 131 Å². The quantitative estimate of drug-likeness (QED) is 0.226. The summed E-state index contributed by atoms with van der Waals surface area (Å²) in [6.45, 7) is 0. The summed E-state index contributed by atoms with van der Waals surface area (Å²) >= 11 is 3.85. The number of rotatable bonds is 2. The molecule has 0 nitrogen and oxygen atoms in total. The van der Waals surface area contributed by atoms with Gasteiger partial charge in [0.1, 0.15) is 0 Å². The van der Waals surface area contributed by atoms with Crippen molar-refractivity contribution >= 4 is 48.2 Å². The fraction of sp³-hybridized carbons (Fsp3) is 0. The molecule has 146 valence electrons. The second kappa shape index (κ2) is 7.37. The minimum Gasteiger partial charge on any atom is -0.0616 e. The fourth-order valence-corrected chi connectivity index (χ4v) is 5.28. The third-order valence-corrected chi connectivity index (χ3v) is 6.98. The Bertz CT molecular complexity index is 1520. The molecule has 0 bridgehead atoms. The van der Waals surface area contributed by atoms with Gasteiger partial charge in [-0.15, -0.1) is 0 Å². The Morgan fingerprint density at radius 2 is 0.871 bits per heavy atom. The molecule has 0 aliphatic carbocycles. The van der Waals surface area contributed by atoms with Crippen LogP contribution in [-0.4, -0.2) is 0 Å². The minimum atomic E-state index is 1.16. The van der Waals surface area contributed by atoms with Crippen LogP contribution in [0.2, 0.25) is 0 Å². The molecule has 0 saturated carbocycles. The molecule has 1 heteroatoms. The van der Waals surface area contributed by atoms with E-state index in [0.717, 1.165) is 4.47 Å². The molecule has 0 fully saturated rings. The Balaban J connectivity index is 1.54. The van der Waals surface area contributed by atoms with Crippen LogP contribution in [-0.2, 0) is 0 Å². The first-order valence-electron chi connectivity index (χ1n) is 10.5. The summed E-state index contributed by atoms with van der Waals surface area (Å²) in [5, 5.41) is 7.58. The molecule has 0 aromatic heterocycles. The van der Waals surface area contributed by atoms with E-state index in [4.69, 9.17) is 0 Å². The topological polar surface area (TPSA) is 0 Å². The standard InChI is InChI=1S/C30H19Br/c31-30-27-11-5-3-9-25(27)29(26-10-4-6-12-28(26)30)22-16-13-21(14-17-22)24-18-15-20-7-1-2-8-23(20)19-24/h1-19H. The van der Waals surface area contributed by atoms with Crippen molar-refractivity contribution in [1.29, 1.82) is 0 Å². The normalized spacial score (nSPS) is 11.4. The first kappa shape index (κ1) is 18.4. The zero-order valence-corrected chi connectivity index (χ0v) is 18.4. The Hall–Kier alpha value is -3.42. The molecule has 0 atom stereocenters. The second-order valence-electron chi connectivity index (χ2n) is 7.92. The molecule has 0 N–H and O–H groups in total. The maximum atomic E-state index is 3.85. The van der Waals surface area contributed by atoms with Gasteiger partial charge in [-0.2, -0.15) is 0 Å². The van der Waals surface area contributed by atoms with Gasteiger partial charge in [0, 0.05) is 4.47 Å². The number of benzene rings is 6. The van der Waals surface area contributed by atoms with Gasteiger partial charge < -0.3 is 0 Å². The number of fused-ring (bicyclic) bond motifs is 3. The van der Waals surface area contributed by atoms with Gasteiger partial charge in [0.2, 0.25) is 0 Å². The van der Waals surface area contributed by atoms with E-state index >= 15 is 0 Å². The lowest BCUT2D eigenvalue weighted by Gasteiger charge is -2.15. The minimum absolute atomic E-state index is 1.16. The molecular formula is C30H19Br. The molecule has 0 saturated heterocycles. The molecule has 0 amide bonds. The van der Waals surface area contributed by atoms with Crippen molar-refractivity contribution in [3.05, 3.63) is 120 Å². The van der Waals surface area contributed by atoms with Crippen molar-refractivity contribution in [3.8, 4) is 22.3 Å². The summed E-state index contributed by atoms with van der Waals surface area (Å²) in [4.78, 5) is 0. The zero-order valence-electron chi connectivity index (χ0n) is 16.8. The van der Waals surface area contributed by atoms with Crippen molar-refractivity contribution < 1.29 is 0 Å². The molecule has 31 heavy (non-hydrogen) atoms. The summed E-state index contributed by atoms with van der Waals surface area (Å²) in [6.07, 6.45) is 0.